The number of fused-ring (bicyclic) bond motifs is 1. The zero-order valence-corrected chi connectivity index (χ0v) is 16.4. The van der Waals surface area contributed by atoms with E-state index in [0.29, 0.717) is 5.92 Å². The second-order valence-corrected chi connectivity index (χ2v) is 9.04. The van der Waals surface area contributed by atoms with E-state index in [1.54, 1.807) is 0 Å². The van der Waals surface area contributed by atoms with Gasteiger partial charge in [0, 0.05) is 19.3 Å². The molecule has 0 radical (unpaired) electrons. The van der Waals surface area contributed by atoms with Gasteiger partial charge in [-0.05, 0) is 54.5 Å². The van der Waals surface area contributed by atoms with Gasteiger partial charge in [0.15, 0.2) is 0 Å². The minimum absolute atomic E-state index is 0.279. The van der Waals surface area contributed by atoms with E-state index < -0.39 is 0 Å². The highest BCUT2D eigenvalue weighted by Crippen LogP contribution is 2.37. The van der Waals surface area contributed by atoms with Crippen LogP contribution in [0.15, 0.2) is 30.3 Å². The second kappa shape index (κ2) is 6.19. The Kier molecular flexibility index (Phi) is 4.51. The third-order valence-corrected chi connectivity index (χ3v) is 6.65. The maximum atomic E-state index is 2.47. The lowest BCUT2D eigenvalue weighted by Gasteiger charge is -2.45. The highest BCUT2D eigenvalue weighted by molar-refractivity contribution is 5.74. The summed E-state index contributed by atoms with van der Waals surface area (Å²) in [4.78, 5) is 0. The molecule has 1 aliphatic heterocycles. The van der Waals surface area contributed by atoms with E-state index in [4.69, 9.17) is 0 Å². The van der Waals surface area contributed by atoms with Crippen molar-refractivity contribution in [3.63, 3.8) is 0 Å². The summed E-state index contributed by atoms with van der Waals surface area (Å²) in [6.45, 7) is 14.4. The molecule has 0 saturated carbocycles. The van der Waals surface area contributed by atoms with Gasteiger partial charge in [0.25, 0.3) is 0 Å². The molecule has 1 heteroatoms. The molecule has 0 atom stereocenters. The summed E-state index contributed by atoms with van der Waals surface area (Å²) in [6, 6.07) is 11.8. The van der Waals surface area contributed by atoms with Crippen molar-refractivity contribution in [2.45, 2.75) is 65.3 Å². The first-order valence-corrected chi connectivity index (χ1v) is 9.60. The van der Waals surface area contributed by atoms with Gasteiger partial charge in [-0.2, -0.15) is 0 Å². The maximum absolute atomic E-state index is 2.47. The predicted octanol–water partition coefficient (Wildman–Crippen LogP) is 5.78. The SMILES string of the molecule is Cc1ccc2c(CC(C)(C)[N+]3(C)CCCC3)ccc(C(C)C)cc1-2. The molecule has 0 unspecified atom stereocenters. The third kappa shape index (κ3) is 2.99. The first-order chi connectivity index (χ1) is 11.2. The molecule has 0 amide bonds. The van der Waals surface area contributed by atoms with Crippen LogP contribution in [-0.2, 0) is 6.42 Å². The standard InChI is InChI=1S/C23H34N/c1-17(2)19-10-11-20(21-12-9-18(3)22(21)15-19)16-23(4,5)24(6)13-7-8-14-24/h9-12,15,17H,7-8,13-14,16H2,1-6H3/q+1. The fourth-order valence-corrected chi connectivity index (χ4v) is 4.38. The van der Waals surface area contributed by atoms with Gasteiger partial charge in [-0.15, -0.1) is 0 Å². The van der Waals surface area contributed by atoms with Crippen molar-refractivity contribution in [2.75, 3.05) is 20.1 Å². The molecule has 24 heavy (non-hydrogen) atoms. The largest absolute Gasteiger partial charge is 0.321 e. The average molecular weight is 325 g/mol. The molecular weight excluding hydrogens is 290 g/mol. The quantitative estimate of drug-likeness (QED) is 0.625. The first kappa shape index (κ1) is 17.5. The number of nitrogens with zero attached hydrogens (tertiary/aromatic N) is 1. The molecule has 3 rings (SSSR count). The molecule has 1 nitrogen and oxygen atoms in total. The Balaban J connectivity index is 2.03. The zero-order chi connectivity index (χ0) is 17.5. The van der Waals surface area contributed by atoms with Crippen LogP contribution in [0.2, 0.25) is 0 Å². The second-order valence-electron chi connectivity index (χ2n) is 9.04. The molecule has 0 bridgehead atoms. The van der Waals surface area contributed by atoms with Gasteiger partial charge < -0.3 is 4.48 Å². The van der Waals surface area contributed by atoms with Gasteiger partial charge in [0.1, 0.15) is 0 Å². The summed E-state index contributed by atoms with van der Waals surface area (Å²) in [6.07, 6.45) is 3.91. The Morgan fingerprint density at radius 2 is 1.67 bits per heavy atom. The molecule has 1 fully saturated rings. The van der Waals surface area contributed by atoms with Crippen LogP contribution in [0.3, 0.4) is 0 Å². The topological polar surface area (TPSA) is 0 Å². The third-order valence-electron chi connectivity index (χ3n) is 6.65. The first-order valence-electron chi connectivity index (χ1n) is 9.60. The lowest BCUT2D eigenvalue weighted by atomic mass is 9.89. The summed E-state index contributed by atoms with van der Waals surface area (Å²) in [7, 11) is 2.46. The number of quaternary nitrogens is 1. The summed E-state index contributed by atoms with van der Waals surface area (Å²) in [5, 5.41) is 0. The van der Waals surface area contributed by atoms with Crippen LogP contribution in [-0.4, -0.2) is 30.2 Å². The van der Waals surface area contributed by atoms with E-state index in [9.17, 15) is 0 Å². The number of aryl methyl sites for hydroxylation is 1. The van der Waals surface area contributed by atoms with Crippen molar-refractivity contribution < 1.29 is 4.48 Å². The number of rotatable bonds is 4. The van der Waals surface area contributed by atoms with E-state index >= 15 is 0 Å². The summed E-state index contributed by atoms with van der Waals surface area (Å²) in [5.41, 5.74) is 7.54. The average Bonchev–Trinajstić information content (AvgIpc) is 3.05. The zero-order valence-electron chi connectivity index (χ0n) is 16.4. The monoisotopic (exact) mass is 324 g/mol. The van der Waals surface area contributed by atoms with Crippen molar-refractivity contribution in [3.05, 3.63) is 47.0 Å². The molecule has 130 valence electrons. The molecule has 0 aromatic heterocycles. The Morgan fingerprint density at radius 3 is 2.29 bits per heavy atom. The highest BCUT2D eigenvalue weighted by atomic mass is 15.4. The van der Waals surface area contributed by atoms with E-state index in [0.717, 1.165) is 6.42 Å². The van der Waals surface area contributed by atoms with Gasteiger partial charge in [0.05, 0.1) is 25.7 Å². The van der Waals surface area contributed by atoms with E-state index in [1.807, 2.05) is 0 Å². The van der Waals surface area contributed by atoms with Crippen LogP contribution in [0.25, 0.3) is 11.1 Å². The Bertz CT molecular complexity index is 689. The van der Waals surface area contributed by atoms with Crippen molar-refractivity contribution in [1.82, 2.24) is 0 Å². The van der Waals surface area contributed by atoms with Crippen LogP contribution < -0.4 is 0 Å². The highest BCUT2D eigenvalue weighted by Gasteiger charge is 2.42. The van der Waals surface area contributed by atoms with Crippen LogP contribution >= 0.6 is 0 Å². The molecule has 0 spiro atoms. The maximum Gasteiger partial charge on any atom is 0.0974 e. The molecule has 0 aromatic rings. The molecule has 1 heterocycles. The normalized spacial score (nSPS) is 17.8. The minimum atomic E-state index is 0.279. The van der Waals surface area contributed by atoms with Crippen LogP contribution in [0, 0.1) is 6.92 Å². The van der Waals surface area contributed by atoms with Gasteiger partial charge in [0.2, 0.25) is 0 Å². The lowest BCUT2D eigenvalue weighted by Crippen LogP contribution is -2.58. The Labute approximate surface area is 148 Å². The van der Waals surface area contributed by atoms with Crippen molar-refractivity contribution >= 4 is 0 Å². The van der Waals surface area contributed by atoms with Crippen LogP contribution in [0.1, 0.15) is 63.1 Å². The summed E-state index contributed by atoms with van der Waals surface area (Å²) >= 11 is 0. The smallest absolute Gasteiger partial charge is 0.0974 e. The molecule has 3 aliphatic rings. The lowest BCUT2D eigenvalue weighted by molar-refractivity contribution is -0.944. The van der Waals surface area contributed by atoms with Crippen molar-refractivity contribution in [1.29, 1.82) is 0 Å². The number of likely N-dealkylation sites (tertiary alicyclic amines) is 1. The molecule has 0 N–H and O–H groups in total. The summed E-state index contributed by atoms with van der Waals surface area (Å²) < 4.78 is 1.21. The van der Waals surface area contributed by atoms with Crippen LogP contribution in [0.5, 0.6) is 0 Å². The van der Waals surface area contributed by atoms with Crippen molar-refractivity contribution in [3.8, 4) is 11.1 Å². The molecule has 1 saturated heterocycles. The molecule has 0 aromatic carbocycles. The number of hydrogen-bond acceptors (Lipinski definition) is 0. The van der Waals surface area contributed by atoms with Crippen molar-refractivity contribution in [2.24, 2.45) is 0 Å². The number of likely N-dealkylation sites (N-methyl/N-ethyl adjacent to an activating group) is 1. The minimum Gasteiger partial charge on any atom is -0.321 e. The molecular formula is C23H34N+. The van der Waals surface area contributed by atoms with Crippen LogP contribution in [0.4, 0.5) is 0 Å². The van der Waals surface area contributed by atoms with E-state index in [2.05, 4.69) is 72.0 Å². The van der Waals surface area contributed by atoms with Gasteiger partial charge >= 0.3 is 0 Å². The van der Waals surface area contributed by atoms with Gasteiger partial charge in [-0.25, -0.2) is 0 Å². The Morgan fingerprint density at radius 1 is 1.00 bits per heavy atom. The van der Waals surface area contributed by atoms with Gasteiger partial charge in [-0.3, -0.25) is 0 Å². The van der Waals surface area contributed by atoms with E-state index in [1.165, 1.54) is 58.2 Å². The fraction of sp³-hybridized carbons (Fsp3) is 0.565. The van der Waals surface area contributed by atoms with E-state index in [-0.39, 0.29) is 5.54 Å². The number of hydrogen-bond donors (Lipinski definition) is 0. The summed E-state index contributed by atoms with van der Waals surface area (Å²) in [5.74, 6) is 0.568. The predicted molar refractivity (Wildman–Crippen MR) is 105 cm³/mol. The van der Waals surface area contributed by atoms with Gasteiger partial charge in [-0.1, -0.05) is 44.2 Å². The fourth-order valence-electron chi connectivity index (χ4n) is 4.38. The Hall–Kier alpha value is -1.34. The molecule has 2 aliphatic carbocycles.